The molecule has 2 rings (SSSR count). The lowest BCUT2D eigenvalue weighted by atomic mass is 9.95. The van der Waals surface area contributed by atoms with Crippen LogP contribution in [0.2, 0.25) is 0 Å². The van der Waals surface area contributed by atoms with E-state index >= 15 is 0 Å². The predicted molar refractivity (Wildman–Crippen MR) is 116 cm³/mol. The maximum absolute atomic E-state index is 13.1. The molecule has 0 aliphatic heterocycles. The van der Waals surface area contributed by atoms with Gasteiger partial charge in [0.05, 0.1) is 0 Å². The van der Waals surface area contributed by atoms with Crippen molar-refractivity contribution in [2.75, 3.05) is 13.1 Å². The molecule has 2 amide bonds. The number of nitrogens with zero attached hydrogens (tertiary/aromatic N) is 1. The fourth-order valence-electron chi connectivity index (χ4n) is 4.10. The Balaban J connectivity index is 2.00. The molecular weight excluding hydrogens is 351 g/mol. The Morgan fingerprint density at radius 3 is 2.39 bits per heavy atom. The Labute approximate surface area is 170 Å². The molecule has 0 unspecified atom stereocenters. The number of rotatable bonds is 10. The van der Waals surface area contributed by atoms with Crippen LogP contribution in [0.4, 0.5) is 9.18 Å². The van der Waals surface area contributed by atoms with Gasteiger partial charge in [0, 0.05) is 19.1 Å². The van der Waals surface area contributed by atoms with Crippen LogP contribution in [0.1, 0.15) is 77.2 Å². The van der Waals surface area contributed by atoms with Crippen LogP contribution in [0.25, 0.3) is 6.08 Å². The fourth-order valence-corrected chi connectivity index (χ4v) is 4.10. The van der Waals surface area contributed by atoms with E-state index in [1.165, 1.54) is 31.4 Å². The first-order chi connectivity index (χ1) is 13.6. The third-order valence-electron chi connectivity index (χ3n) is 5.60. The van der Waals surface area contributed by atoms with Crippen molar-refractivity contribution in [3.63, 3.8) is 0 Å². The van der Waals surface area contributed by atoms with Gasteiger partial charge in [-0.05, 0) is 49.3 Å². The average molecular weight is 389 g/mol. The van der Waals surface area contributed by atoms with Gasteiger partial charge >= 0.3 is 6.03 Å². The van der Waals surface area contributed by atoms with Gasteiger partial charge in [-0.15, -0.1) is 0 Å². The van der Waals surface area contributed by atoms with Crippen molar-refractivity contribution in [2.45, 2.75) is 77.7 Å². The molecular formula is C24H37FN2O. The quantitative estimate of drug-likeness (QED) is 0.494. The number of hydrogen-bond donors (Lipinski definition) is 1. The van der Waals surface area contributed by atoms with Gasteiger partial charge in [0.2, 0.25) is 0 Å². The average Bonchev–Trinajstić information content (AvgIpc) is 2.69. The standard InChI is InChI=1S/C24H37FN2O/c1-3-9-21(10-4-2)19-27(24(28)26-23-12-6-5-7-13-23)18-8-11-20-14-16-22(25)17-15-20/h8,11,14-17,21,23H,3-7,9-10,12-13,18-19H2,1-2H3,(H,26,28)/b11-8+. The number of urea groups is 1. The summed E-state index contributed by atoms with van der Waals surface area (Å²) in [4.78, 5) is 14.9. The topological polar surface area (TPSA) is 32.3 Å². The number of hydrogen-bond acceptors (Lipinski definition) is 1. The SMILES string of the molecule is CCCC(CCC)CN(C/C=C/c1ccc(F)cc1)C(=O)NC1CCCCC1. The molecule has 156 valence electrons. The van der Waals surface area contributed by atoms with E-state index in [1.54, 1.807) is 12.1 Å². The number of benzene rings is 1. The zero-order chi connectivity index (χ0) is 20.2. The smallest absolute Gasteiger partial charge is 0.317 e. The summed E-state index contributed by atoms with van der Waals surface area (Å²) in [7, 11) is 0. The lowest BCUT2D eigenvalue weighted by molar-refractivity contribution is 0.183. The third-order valence-corrected chi connectivity index (χ3v) is 5.60. The van der Waals surface area contributed by atoms with Crippen molar-refractivity contribution < 1.29 is 9.18 Å². The van der Waals surface area contributed by atoms with Crippen molar-refractivity contribution >= 4 is 12.1 Å². The van der Waals surface area contributed by atoms with Crippen molar-refractivity contribution in [1.29, 1.82) is 0 Å². The summed E-state index contributed by atoms with van der Waals surface area (Å²) in [6.07, 6.45) is 14.5. The van der Waals surface area contributed by atoms with E-state index in [1.807, 2.05) is 17.1 Å². The molecule has 0 saturated heterocycles. The second-order valence-corrected chi connectivity index (χ2v) is 8.09. The Bertz CT molecular complexity index is 587. The number of amides is 2. The first-order valence-electron chi connectivity index (χ1n) is 11.1. The molecule has 0 spiro atoms. The number of halogens is 1. The summed E-state index contributed by atoms with van der Waals surface area (Å²) in [5.41, 5.74) is 0.952. The van der Waals surface area contributed by atoms with Gasteiger partial charge in [-0.2, -0.15) is 0 Å². The molecule has 0 bridgehead atoms. The highest BCUT2D eigenvalue weighted by Crippen LogP contribution is 2.19. The van der Waals surface area contributed by atoms with Crippen LogP contribution in [-0.4, -0.2) is 30.1 Å². The first kappa shape index (κ1) is 22.4. The third kappa shape index (κ3) is 8.04. The number of carbonyl (C=O) groups is 1. The number of carbonyl (C=O) groups excluding carboxylic acids is 1. The lowest BCUT2D eigenvalue weighted by Gasteiger charge is -2.30. The van der Waals surface area contributed by atoms with Gasteiger partial charge in [0.25, 0.3) is 0 Å². The molecule has 28 heavy (non-hydrogen) atoms. The highest BCUT2D eigenvalue weighted by molar-refractivity contribution is 5.75. The minimum atomic E-state index is -0.229. The molecule has 0 radical (unpaired) electrons. The largest absolute Gasteiger partial charge is 0.335 e. The van der Waals surface area contributed by atoms with Gasteiger partial charge in [-0.1, -0.05) is 70.2 Å². The van der Waals surface area contributed by atoms with Gasteiger partial charge in [0.15, 0.2) is 0 Å². The maximum atomic E-state index is 13.1. The summed E-state index contributed by atoms with van der Waals surface area (Å²) < 4.78 is 13.1. The summed E-state index contributed by atoms with van der Waals surface area (Å²) in [6.45, 7) is 5.81. The highest BCUT2D eigenvalue weighted by atomic mass is 19.1. The summed E-state index contributed by atoms with van der Waals surface area (Å²) in [6, 6.07) is 6.83. The number of nitrogens with one attached hydrogen (secondary N) is 1. The molecule has 0 heterocycles. The van der Waals surface area contributed by atoms with Crippen LogP contribution in [0.15, 0.2) is 30.3 Å². The zero-order valence-electron chi connectivity index (χ0n) is 17.6. The van der Waals surface area contributed by atoms with E-state index in [4.69, 9.17) is 0 Å². The molecule has 1 saturated carbocycles. The molecule has 1 aromatic carbocycles. The molecule has 1 aliphatic carbocycles. The van der Waals surface area contributed by atoms with Crippen molar-refractivity contribution in [3.05, 3.63) is 41.7 Å². The van der Waals surface area contributed by atoms with Crippen molar-refractivity contribution in [2.24, 2.45) is 5.92 Å². The van der Waals surface area contributed by atoms with E-state index < -0.39 is 0 Å². The highest BCUT2D eigenvalue weighted by Gasteiger charge is 2.21. The van der Waals surface area contributed by atoms with Crippen LogP contribution in [0.5, 0.6) is 0 Å². The van der Waals surface area contributed by atoms with E-state index in [0.29, 0.717) is 18.5 Å². The van der Waals surface area contributed by atoms with E-state index in [0.717, 1.165) is 50.6 Å². The van der Waals surface area contributed by atoms with Crippen molar-refractivity contribution in [1.82, 2.24) is 10.2 Å². The molecule has 1 aromatic rings. The van der Waals surface area contributed by atoms with Crippen molar-refractivity contribution in [3.8, 4) is 0 Å². The zero-order valence-corrected chi connectivity index (χ0v) is 17.6. The van der Waals surface area contributed by atoms with Gasteiger partial charge < -0.3 is 10.2 Å². The minimum Gasteiger partial charge on any atom is -0.335 e. The van der Waals surface area contributed by atoms with Crippen LogP contribution in [0, 0.1) is 11.7 Å². The first-order valence-corrected chi connectivity index (χ1v) is 11.1. The Hall–Kier alpha value is -1.84. The molecule has 0 aromatic heterocycles. The molecule has 1 N–H and O–H groups in total. The Kier molecular flexibility index (Phi) is 10.1. The summed E-state index contributed by atoms with van der Waals surface area (Å²) in [5.74, 6) is 0.318. The van der Waals surface area contributed by atoms with E-state index in [2.05, 4.69) is 19.2 Å². The minimum absolute atomic E-state index is 0.0628. The summed E-state index contributed by atoms with van der Waals surface area (Å²) in [5, 5.41) is 3.27. The second-order valence-electron chi connectivity index (χ2n) is 8.09. The molecule has 1 fully saturated rings. The maximum Gasteiger partial charge on any atom is 0.317 e. The second kappa shape index (κ2) is 12.6. The molecule has 0 atom stereocenters. The molecule has 3 nitrogen and oxygen atoms in total. The monoisotopic (exact) mass is 388 g/mol. The summed E-state index contributed by atoms with van der Waals surface area (Å²) >= 11 is 0. The van der Waals surface area contributed by atoms with Crippen LogP contribution in [-0.2, 0) is 0 Å². The Morgan fingerprint density at radius 1 is 1.14 bits per heavy atom. The normalized spacial score (nSPS) is 15.3. The van der Waals surface area contributed by atoms with Gasteiger partial charge in [-0.25, -0.2) is 9.18 Å². The lowest BCUT2D eigenvalue weighted by Crippen LogP contribution is -2.47. The predicted octanol–water partition coefficient (Wildman–Crippen LogP) is 6.40. The van der Waals surface area contributed by atoms with Crippen LogP contribution >= 0.6 is 0 Å². The fraction of sp³-hybridized carbons (Fsp3) is 0.625. The van der Waals surface area contributed by atoms with E-state index in [-0.39, 0.29) is 11.8 Å². The van der Waals surface area contributed by atoms with Gasteiger partial charge in [-0.3, -0.25) is 0 Å². The molecule has 4 heteroatoms. The Morgan fingerprint density at radius 2 is 1.79 bits per heavy atom. The van der Waals surface area contributed by atoms with Crippen LogP contribution in [0.3, 0.4) is 0 Å². The van der Waals surface area contributed by atoms with Crippen LogP contribution < -0.4 is 5.32 Å². The van der Waals surface area contributed by atoms with E-state index in [9.17, 15) is 9.18 Å². The molecule has 1 aliphatic rings. The van der Waals surface area contributed by atoms with Gasteiger partial charge in [0.1, 0.15) is 5.82 Å².